The number of hydrogen-bond acceptors (Lipinski definition) is 4. The van der Waals surface area contributed by atoms with E-state index < -0.39 is 31.1 Å². The fourth-order valence-electron chi connectivity index (χ4n) is 1.23. The highest BCUT2D eigenvalue weighted by Crippen LogP contribution is 2.20. The molecule has 1 heterocycles. The van der Waals surface area contributed by atoms with Crippen LogP contribution in [0.2, 0.25) is 0 Å². The number of nitrogens with zero attached hydrogens (tertiary/aromatic N) is 2. The van der Waals surface area contributed by atoms with E-state index in [-0.39, 0.29) is 15.5 Å². The van der Waals surface area contributed by atoms with Gasteiger partial charge in [-0.15, -0.1) is 11.3 Å². The minimum absolute atomic E-state index is 0.0144. The lowest BCUT2D eigenvalue weighted by Crippen LogP contribution is -2.42. The second-order valence-electron chi connectivity index (χ2n) is 3.44. The first-order valence-electron chi connectivity index (χ1n) is 4.68. The second kappa shape index (κ2) is 5.34. The van der Waals surface area contributed by atoms with E-state index in [2.05, 4.69) is 4.98 Å². The first-order valence-corrected chi connectivity index (χ1v) is 5.56. The van der Waals surface area contributed by atoms with E-state index in [0.717, 1.165) is 11.3 Å². The Morgan fingerprint density at radius 2 is 2.11 bits per heavy atom. The molecule has 1 aromatic rings. The summed E-state index contributed by atoms with van der Waals surface area (Å²) in [6, 6.07) is 0. The van der Waals surface area contributed by atoms with Crippen molar-refractivity contribution in [1.29, 1.82) is 0 Å². The molecular formula is C9H9F3N2O3S. The zero-order chi connectivity index (χ0) is 13.9. The monoisotopic (exact) mass is 282 g/mol. The lowest BCUT2D eigenvalue weighted by Gasteiger charge is -2.21. The number of halogens is 3. The zero-order valence-corrected chi connectivity index (χ0v) is 10.0. The van der Waals surface area contributed by atoms with Crippen molar-refractivity contribution in [3.05, 3.63) is 16.1 Å². The summed E-state index contributed by atoms with van der Waals surface area (Å²) in [6.45, 7) is -1.14. The lowest BCUT2D eigenvalue weighted by molar-refractivity contribution is -0.149. The minimum Gasteiger partial charge on any atom is -0.480 e. The van der Waals surface area contributed by atoms with Gasteiger partial charge in [-0.2, -0.15) is 13.2 Å². The van der Waals surface area contributed by atoms with Gasteiger partial charge in [-0.25, -0.2) is 4.98 Å². The molecule has 0 saturated carbocycles. The number of aliphatic carboxylic acids is 1. The first kappa shape index (κ1) is 14.4. The minimum atomic E-state index is -4.65. The molecule has 1 amide bonds. The molecule has 0 aliphatic heterocycles. The molecule has 0 fully saturated rings. The Hall–Kier alpha value is -1.64. The van der Waals surface area contributed by atoms with Gasteiger partial charge in [0.15, 0.2) is 0 Å². The van der Waals surface area contributed by atoms with Crippen LogP contribution in [0.5, 0.6) is 0 Å². The number of carbonyl (C=O) groups excluding carboxylic acids is 1. The predicted molar refractivity (Wildman–Crippen MR) is 56.4 cm³/mol. The summed E-state index contributed by atoms with van der Waals surface area (Å²) in [5.41, 5.74) is 1.59. The number of carboxylic acid groups (broad SMARTS) is 1. The molecule has 0 atom stereocenters. The van der Waals surface area contributed by atoms with Crippen molar-refractivity contribution in [1.82, 2.24) is 9.88 Å². The molecule has 100 valence electrons. The number of carboxylic acids is 1. The van der Waals surface area contributed by atoms with Gasteiger partial charge in [0.1, 0.15) is 18.0 Å². The van der Waals surface area contributed by atoms with Crippen LogP contribution in [0.4, 0.5) is 13.2 Å². The Balaban J connectivity index is 2.93. The van der Waals surface area contributed by atoms with E-state index in [1.807, 2.05) is 0 Å². The number of aryl methyl sites for hydroxylation is 1. The SMILES string of the molecule is Cc1ncsc1C(=O)N(CC(=O)O)CC(F)(F)F. The van der Waals surface area contributed by atoms with E-state index in [9.17, 15) is 22.8 Å². The molecule has 5 nitrogen and oxygen atoms in total. The third-order valence-corrected chi connectivity index (χ3v) is 2.84. The van der Waals surface area contributed by atoms with Crippen LogP contribution >= 0.6 is 11.3 Å². The number of amides is 1. The van der Waals surface area contributed by atoms with E-state index in [0.29, 0.717) is 0 Å². The quantitative estimate of drug-likeness (QED) is 0.909. The molecule has 0 aromatic carbocycles. The molecule has 9 heteroatoms. The molecule has 0 unspecified atom stereocenters. The van der Waals surface area contributed by atoms with Crippen molar-refractivity contribution in [3.63, 3.8) is 0 Å². The third-order valence-electron chi connectivity index (χ3n) is 1.92. The van der Waals surface area contributed by atoms with Crippen molar-refractivity contribution in [2.45, 2.75) is 13.1 Å². The number of alkyl halides is 3. The van der Waals surface area contributed by atoms with Crippen molar-refractivity contribution in [3.8, 4) is 0 Å². The molecule has 1 rings (SSSR count). The van der Waals surface area contributed by atoms with Crippen molar-refractivity contribution in [2.24, 2.45) is 0 Å². The van der Waals surface area contributed by atoms with E-state index in [1.165, 1.54) is 12.4 Å². The summed E-state index contributed by atoms with van der Waals surface area (Å²) in [5.74, 6) is -2.48. The van der Waals surface area contributed by atoms with Gasteiger partial charge in [-0.3, -0.25) is 9.59 Å². The summed E-state index contributed by atoms with van der Waals surface area (Å²) in [7, 11) is 0. The molecule has 0 radical (unpaired) electrons. The maximum atomic E-state index is 12.3. The lowest BCUT2D eigenvalue weighted by atomic mass is 10.3. The molecule has 1 N–H and O–H groups in total. The first-order chi connectivity index (χ1) is 8.20. The highest BCUT2D eigenvalue weighted by atomic mass is 32.1. The smallest absolute Gasteiger partial charge is 0.406 e. The molecule has 0 bridgehead atoms. The Labute approximate surface area is 104 Å². The van der Waals surface area contributed by atoms with Crippen molar-refractivity contribution < 1.29 is 27.9 Å². The highest BCUT2D eigenvalue weighted by Gasteiger charge is 2.35. The second-order valence-corrected chi connectivity index (χ2v) is 4.29. The number of aromatic nitrogens is 1. The molecule has 0 spiro atoms. The van der Waals surface area contributed by atoms with Crippen molar-refractivity contribution in [2.75, 3.05) is 13.1 Å². The van der Waals surface area contributed by atoms with Gasteiger partial charge >= 0.3 is 12.1 Å². The Bertz CT molecular complexity index is 458. The van der Waals surface area contributed by atoms with Crippen LogP contribution in [0.15, 0.2) is 5.51 Å². The van der Waals surface area contributed by atoms with Crippen LogP contribution in [-0.4, -0.2) is 46.1 Å². The van der Waals surface area contributed by atoms with Gasteiger partial charge in [0, 0.05) is 0 Å². The summed E-state index contributed by atoms with van der Waals surface area (Å²) >= 11 is 0.876. The summed E-state index contributed by atoms with van der Waals surface area (Å²) in [6.07, 6.45) is -4.65. The summed E-state index contributed by atoms with van der Waals surface area (Å²) in [4.78, 5) is 26.2. The third kappa shape index (κ3) is 3.99. The van der Waals surface area contributed by atoms with Crippen LogP contribution < -0.4 is 0 Å². The number of hydrogen-bond donors (Lipinski definition) is 1. The molecule has 1 aromatic heterocycles. The summed E-state index contributed by atoms with van der Waals surface area (Å²) < 4.78 is 36.8. The largest absolute Gasteiger partial charge is 0.480 e. The molecule has 18 heavy (non-hydrogen) atoms. The topological polar surface area (TPSA) is 70.5 Å². The number of carbonyl (C=O) groups is 2. The summed E-state index contributed by atoms with van der Waals surface area (Å²) in [5, 5.41) is 8.52. The fraction of sp³-hybridized carbons (Fsp3) is 0.444. The van der Waals surface area contributed by atoms with Crippen LogP contribution in [-0.2, 0) is 4.79 Å². The Morgan fingerprint density at radius 3 is 2.50 bits per heavy atom. The Morgan fingerprint density at radius 1 is 1.50 bits per heavy atom. The number of thiazole rings is 1. The van der Waals surface area contributed by atoms with E-state index in [1.54, 1.807) is 0 Å². The maximum absolute atomic E-state index is 12.3. The highest BCUT2D eigenvalue weighted by molar-refractivity contribution is 7.11. The normalized spacial score (nSPS) is 11.3. The zero-order valence-electron chi connectivity index (χ0n) is 9.19. The number of rotatable bonds is 4. The standard InChI is InChI=1S/C9H9F3N2O3S/c1-5-7(18-4-13-5)8(17)14(2-6(15)16)3-9(10,11)12/h4H,2-3H2,1H3,(H,15,16). The van der Waals surface area contributed by atoms with Gasteiger partial charge in [0.25, 0.3) is 5.91 Å². The van der Waals surface area contributed by atoms with Gasteiger partial charge in [0.05, 0.1) is 11.2 Å². The predicted octanol–water partition coefficient (Wildman–Crippen LogP) is 1.54. The van der Waals surface area contributed by atoms with E-state index in [4.69, 9.17) is 5.11 Å². The fourth-order valence-corrected chi connectivity index (χ4v) is 2.00. The molecule has 0 aliphatic carbocycles. The van der Waals surface area contributed by atoms with Crippen LogP contribution in [0.3, 0.4) is 0 Å². The van der Waals surface area contributed by atoms with Crippen LogP contribution in [0.1, 0.15) is 15.4 Å². The maximum Gasteiger partial charge on any atom is 0.406 e. The molecule has 0 saturated heterocycles. The van der Waals surface area contributed by atoms with Gasteiger partial charge in [-0.1, -0.05) is 0 Å². The van der Waals surface area contributed by atoms with Crippen LogP contribution in [0.25, 0.3) is 0 Å². The van der Waals surface area contributed by atoms with Gasteiger partial charge in [-0.05, 0) is 6.92 Å². The molecular weight excluding hydrogens is 273 g/mol. The average molecular weight is 282 g/mol. The average Bonchev–Trinajstić information content (AvgIpc) is 2.59. The van der Waals surface area contributed by atoms with Crippen LogP contribution in [0, 0.1) is 6.92 Å². The Kier molecular flexibility index (Phi) is 4.28. The van der Waals surface area contributed by atoms with E-state index >= 15 is 0 Å². The van der Waals surface area contributed by atoms with Gasteiger partial charge in [0.2, 0.25) is 0 Å². The molecule has 0 aliphatic rings. The van der Waals surface area contributed by atoms with Crippen molar-refractivity contribution >= 4 is 23.2 Å². The van der Waals surface area contributed by atoms with Gasteiger partial charge < -0.3 is 10.0 Å².